The molecule has 1 aromatic carbocycles. The fraction of sp³-hybridized carbons (Fsp3) is 0.267. The molecule has 1 amide bonds. The molecule has 0 aliphatic carbocycles. The van der Waals surface area contributed by atoms with Crippen molar-refractivity contribution < 1.29 is 4.79 Å². The molecule has 18 heavy (non-hydrogen) atoms. The van der Waals surface area contributed by atoms with Crippen LogP contribution in [0.1, 0.15) is 17.0 Å². The maximum absolute atomic E-state index is 12.2. The van der Waals surface area contributed by atoms with E-state index in [9.17, 15) is 4.79 Å². The van der Waals surface area contributed by atoms with E-state index in [-0.39, 0.29) is 5.91 Å². The summed E-state index contributed by atoms with van der Waals surface area (Å²) in [5, 5.41) is 0. The minimum absolute atomic E-state index is 0.158. The fourth-order valence-corrected chi connectivity index (χ4v) is 2.42. The zero-order valence-corrected chi connectivity index (χ0v) is 10.7. The molecule has 0 radical (unpaired) electrons. The van der Waals surface area contributed by atoms with Crippen LogP contribution in [0.5, 0.6) is 0 Å². The Balaban J connectivity index is 1.96. The topological polar surface area (TPSA) is 25.2 Å². The highest BCUT2D eigenvalue weighted by molar-refractivity contribution is 5.94. The van der Waals surface area contributed by atoms with Gasteiger partial charge in [-0.2, -0.15) is 0 Å². The fourth-order valence-electron chi connectivity index (χ4n) is 2.42. The van der Waals surface area contributed by atoms with Crippen molar-refractivity contribution in [3.63, 3.8) is 0 Å². The highest BCUT2D eigenvalue weighted by Crippen LogP contribution is 2.23. The van der Waals surface area contributed by atoms with Gasteiger partial charge in [-0.1, -0.05) is 17.7 Å². The minimum atomic E-state index is 0.158. The van der Waals surface area contributed by atoms with Crippen LogP contribution in [-0.4, -0.2) is 10.5 Å². The van der Waals surface area contributed by atoms with Gasteiger partial charge in [0.2, 0.25) is 5.91 Å². The van der Waals surface area contributed by atoms with Crippen LogP contribution in [0, 0.1) is 13.8 Å². The van der Waals surface area contributed by atoms with E-state index in [0.29, 0.717) is 13.1 Å². The molecule has 0 bridgehead atoms. The minimum Gasteiger partial charge on any atom is -0.338 e. The molecule has 0 unspecified atom stereocenters. The van der Waals surface area contributed by atoms with Crippen LogP contribution in [-0.2, 0) is 17.9 Å². The highest BCUT2D eigenvalue weighted by atomic mass is 16.2. The number of hydrogen-bond acceptors (Lipinski definition) is 1. The summed E-state index contributed by atoms with van der Waals surface area (Å²) in [5.41, 5.74) is 4.55. The Kier molecular flexibility index (Phi) is 2.47. The lowest BCUT2D eigenvalue weighted by Gasteiger charge is -2.29. The third-order valence-corrected chi connectivity index (χ3v) is 3.55. The molecule has 1 aromatic heterocycles. The second-order valence-electron chi connectivity index (χ2n) is 4.87. The molecule has 3 rings (SSSR count). The molecule has 3 nitrogen and oxygen atoms in total. The molecule has 3 heteroatoms. The summed E-state index contributed by atoms with van der Waals surface area (Å²) >= 11 is 0. The second-order valence-corrected chi connectivity index (χ2v) is 4.87. The van der Waals surface area contributed by atoms with E-state index in [1.807, 2.05) is 36.1 Å². The van der Waals surface area contributed by atoms with Gasteiger partial charge in [-0.15, -0.1) is 0 Å². The van der Waals surface area contributed by atoms with Crippen LogP contribution in [0.15, 0.2) is 36.4 Å². The number of hydrogen-bond donors (Lipinski definition) is 0. The molecule has 0 fully saturated rings. The van der Waals surface area contributed by atoms with Gasteiger partial charge < -0.3 is 9.47 Å². The van der Waals surface area contributed by atoms with E-state index < -0.39 is 0 Å². The third kappa shape index (κ3) is 1.72. The van der Waals surface area contributed by atoms with Gasteiger partial charge in [0.15, 0.2) is 0 Å². The summed E-state index contributed by atoms with van der Waals surface area (Å²) in [6.07, 6.45) is 0. The largest absolute Gasteiger partial charge is 0.338 e. The number of amides is 1. The lowest BCUT2D eigenvalue weighted by atomic mass is 10.2. The average Bonchev–Trinajstić information content (AvgIpc) is 2.71. The molecule has 2 heterocycles. The first kappa shape index (κ1) is 11.1. The van der Waals surface area contributed by atoms with Crippen LogP contribution < -0.4 is 4.90 Å². The number of rotatable bonds is 1. The Morgan fingerprint density at radius 2 is 1.67 bits per heavy atom. The molecule has 0 atom stereocenters. The molecule has 0 saturated carbocycles. The third-order valence-electron chi connectivity index (χ3n) is 3.55. The summed E-state index contributed by atoms with van der Waals surface area (Å²) in [7, 11) is 0. The van der Waals surface area contributed by atoms with Gasteiger partial charge in [-0.05, 0) is 38.1 Å². The maximum Gasteiger partial charge on any atom is 0.247 e. The molecule has 1 aliphatic rings. The summed E-state index contributed by atoms with van der Waals surface area (Å²) in [5.74, 6) is 0.158. The van der Waals surface area contributed by atoms with Gasteiger partial charge in [0.25, 0.3) is 0 Å². The van der Waals surface area contributed by atoms with Crippen LogP contribution in [0.4, 0.5) is 5.69 Å². The van der Waals surface area contributed by atoms with Crippen molar-refractivity contribution in [2.75, 3.05) is 4.90 Å². The van der Waals surface area contributed by atoms with E-state index in [1.54, 1.807) is 0 Å². The predicted molar refractivity (Wildman–Crippen MR) is 71.5 cm³/mol. The molecule has 2 aromatic rings. The first-order chi connectivity index (χ1) is 8.65. The van der Waals surface area contributed by atoms with Crippen molar-refractivity contribution in [3.8, 4) is 0 Å². The zero-order valence-electron chi connectivity index (χ0n) is 10.7. The van der Waals surface area contributed by atoms with Gasteiger partial charge >= 0.3 is 0 Å². The van der Waals surface area contributed by atoms with Crippen LogP contribution in [0.2, 0.25) is 0 Å². The zero-order chi connectivity index (χ0) is 12.7. The smallest absolute Gasteiger partial charge is 0.247 e. The van der Waals surface area contributed by atoms with Gasteiger partial charge in [-0.25, -0.2) is 0 Å². The molecule has 0 saturated heterocycles. The number of benzene rings is 1. The van der Waals surface area contributed by atoms with Gasteiger partial charge in [0.1, 0.15) is 6.54 Å². The first-order valence-electron chi connectivity index (χ1n) is 6.17. The molecule has 0 spiro atoms. The summed E-state index contributed by atoms with van der Waals surface area (Å²) in [4.78, 5) is 14.1. The molecule has 1 aliphatic heterocycles. The van der Waals surface area contributed by atoms with Crippen molar-refractivity contribution >= 4 is 11.6 Å². The first-order valence-corrected chi connectivity index (χ1v) is 6.17. The number of carbonyl (C=O) groups is 1. The Morgan fingerprint density at radius 1 is 0.944 bits per heavy atom. The number of aromatic nitrogens is 1. The number of nitrogens with zero attached hydrogens (tertiary/aromatic N) is 2. The Bertz CT molecular complexity index is 595. The maximum atomic E-state index is 12.2. The standard InChI is InChI=1S/C15H16N2O/c1-11-3-6-13(7-4-11)17-9-14-8-5-12(2)16(14)10-15(17)18/h3-8H,9-10H2,1-2H3. The van der Waals surface area contributed by atoms with E-state index in [1.165, 1.54) is 11.3 Å². The van der Waals surface area contributed by atoms with Crippen molar-refractivity contribution in [3.05, 3.63) is 53.3 Å². The quantitative estimate of drug-likeness (QED) is 0.752. The molecule has 0 N–H and O–H groups in total. The lowest BCUT2D eigenvalue weighted by molar-refractivity contribution is -0.120. The Hall–Kier alpha value is -2.03. The second kappa shape index (κ2) is 4.02. The Labute approximate surface area is 107 Å². The summed E-state index contributed by atoms with van der Waals surface area (Å²) in [6, 6.07) is 12.3. The predicted octanol–water partition coefficient (Wildman–Crippen LogP) is 2.65. The van der Waals surface area contributed by atoms with Crippen molar-refractivity contribution in [1.29, 1.82) is 0 Å². The van der Waals surface area contributed by atoms with E-state index in [4.69, 9.17) is 0 Å². The van der Waals surface area contributed by atoms with E-state index >= 15 is 0 Å². The monoisotopic (exact) mass is 240 g/mol. The molecule has 92 valence electrons. The number of fused-ring (bicyclic) bond motifs is 1. The highest BCUT2D eigenvalue weighted by Gasteiger charge is 2.24. The Morgan fingerprint density at radius 3 is 2.39 bits per heavy atom. The SMILES string of the molecule is Cc1ccc(N2Cc3ccc(C)n3CC2=O)cc1. The molecular formula is C15H16N2O. The van der Waals surface area contributed by atoms with Crippen LogP contribution in [0.3, 0.4) is 0 Å². The van der Waals surface area contributed by atoms with E-state index in [0.717, 1.165) is 11.4 Å². The summed E-state index contributed by atoms with van der Waals surface area (Å²) < 4.78 is 2.09. The van der Waals surface area contributed by atoms with Crippen LogP contribution in [0.25, 0.3) is 0 Å². The molecular weight excluding hydrogens is 224 g/mol. The van der Waals surface area contributed by atoms with Crippen molar-refractivity contribution in [2.24, 2.45) is 0 Å². The van der Waals surface area contributed by atoms with Crippen LogP contribution >= 0.6 is 0 Å². The average molecular weight is 240 g/mol. The number of anilines is 1. The van der Waals surface area contributed by atoms with Gasteiger partial charge in [0.05, 0.1) is 6.54 Å². The van der Waals surface area contributed by atoms with Gasteiger partial charge in [0, 0.05) is 17.1 Å². The summed E-state index contributed by atoms with van der Waals surface area (Å²) in [6.45, 7) is 5.20. The van der Waals surface area contributed by atoms with Crippen molar-refractivity contribution in [2.45, 2.75) is 26.9 Å². The van der Waals surface area contributed by atoms with Gasteiger partial charge in [-0.3, -0.25) is 4.79 Å². The lowest BCUT2D eigenvalue weighted by Crippen LogP contribution is -2.39. The normalized spacial score (nSPS) is 14.8. The van der Waals surface area contributed by atoms with E-state index in [2.05, 4.69) is 23.6 Å². The number of aryl methyl sites for hydroxylation is 2. The van der Waals surface area contributed by atoms with Crippen molar-refractivity contribution in [1.82, 2.24) is 4.57 Å². The number of carbonyl (C=O) groups excluding carboxylic acids is 1.